The number of aliphatic hydroxyl groups excluding tert-OH is 7. The van der Waals surface area contributed by atoms with Gasteiger partial charge in [-0.25, -0.2) is 0 Å². The summed E-state index contributed by atoms with van der Waals surface area (Å²) < 4.78 is 11.1. The summed E-state index contributed by atoms with van der Waals surface area (Å²) in [7, 11) is 0. The van der Waals surface area contributed by atoms with Crippen LogP contribution < -0.4 is 5.32 Å². The van der Waals surface area contributed by atoms with Crippen LogP contribution in [0.5, 0.6) is 0 Å². The van der Waals surface area contributed by atoms with E-state index in [2.05, 4.69) is 26.1 Å². The van der Waals surface area contributed by atoms with Crippen LogP contribution in [0.1, 0.15) is 201 Å². The molecular formula is C44H87NO10. The van der Waals surface area contributed by atoms with E-state index in [9.17, 15) is 40.5 Å². The van der Waals surface area contributed by atoms with Crippen molar-refractivity contribution in [3.8, 4) is 0 Å². The van der Waals surface area contributed by atoms with Crippen molar-refractivity contribution in [3.05, 3.63) is 0 Å². The maximum absolute atomic E-state index is 13.1. The summed E-state index contributed by atoms with van der Waals surface area (Å²) >= 11 is 0. The Morgan fingerprint density at radius 3 is 1.45 bits per heavy atom. The molecule has 1 amide bonds. The van der Waals surface area contributed by atoms with Crippen molar-refractivity contribution in [1.82, 2.24) is 5.32 Å². The molecule has 0 aromatic rings. The third-order valence-corrected chi connectivity index (χ3v) is 11.3. The Bertz CT molecular complexity index is 880. The zero-order valence-electron chi connectivity index (χ0n) is 35.3. The average Bonchev–Trinajstić information content (AvgIpc) is 3.17. The van der Waals surface area contributed by atoms with E-state index in [0.717, 1.165) is 44.4 Å². The predicted octanol–water partition coefficient (Wildman–Crippen LogP) is 6.97. The van der Waals surface area contributed by atoms with Crippen LogP contribution in [0.4, 0.5) is 0 Å². The van der Waals surface area contributed by atoms with Gasteiger partial charge in [0.05, 0.1) is 25.4 Å². The highest BCUT2D eigenvalue weighted by Gasteiger charge is 2.44. The summed E-state index contributed by atoms with van der Waals surface area (Å²) in [6.45, 7) is 5.71. The maximum Gasteiger partial charge on any atom is 0.249 e. The number of nitrogens with one attached hydrogen (secondary N) is 1. The molecule has 55 heavy (non-hydrogen) atoms. The Balaban J connectivity index is 2.44. The zero-order valence-corrected chi connectivity index (χ0v) is 35.3. The molecule has 1 aliphatic heterocycles. The highest BCUT2D eigenvalue weighted by molar-refractivity contribution is 5.80. The van der Waals surface area contributed by atoms with Crippen LogP contribution in [-0.2, 0) is 14.3 Å². The van der Waals surface area contributed by atoms with Crippen molar-refractivity contribution in [2.24, 2.45) is 5.92 Å². The summed E-state index contributed by atoms with van der Waals surface area (Å²) in [6, 6.07) is -1.16. The van der Waals surface area contributed by atoms with E-state index in [1.807, 2.05) is 0 Å². The molecule has 1 aliphatic rings. The Labute approximate surface area is 335 Å². The molecule has 1 rings (SSSR count). The number of amides is 1. The number of aliphatic hydroxyl groups is 7. The fourth-order valence-corrected chi connectivity index (χ4v) is 7.51. The fourth-order valence-electron chi connectivity index (χ4n) is 7.51. The molecule has 328 valence electrons. The molecule has 0 bridgehead atoms. The van der Waals surface area contributed by atoms with Gasteiger partial charge in [-0.2, -0.15) is 0 Å². The smallest absolute Gasteiger partial charge is 0.249 e. The van der Waals surface area contributed by atoms with Gasteiger partial charge in [-0.1, -0.05) is 188 Å². The maximum atomic E-state index is 13.1. The van der Waals surface area contributed by atoms with Gasteiger partial charge < -0.3 is 50.5 Å². The molecule has 1 unspecified atom stereocenters. The van der Waals surface area contributed by atoms with Crippen LogP contribution in [0.15, 0.2) is 0 Å². The summed E-state index contributed by atoms with van der Waals surface area (Å²) in [6.07, 6.45) is 20.3. The van der Waals surface area contributed by atoms with Gasteiger partial charge in [-0.3, -0.25) is 4.79 Å². The minimum absolute atomic E-state index is 0.265. The van der Waals surface area contributed by atoms with E-state index >= 15 is 0 Å². The first kappa shape index (κ1) is 52.1. The standard InChI is InChI=1S/C44H87NO10/c1-4-5-6-7-8-9-10-11-12-13-14-15-16-17-22-25-28-31-37(48)43(53)45-35(33-54-44-42(52)41(51)40(50)38(32-46)55-44)39(49)36(47)30-27-24-21-19-18-20-23-26-29-34(2)3/h34-42,44,46-52H,4-33H2,1-3H3,(H,45,53)/t35-,36+,37?,38+,39-,40+,41-,42+,44+/m0/s1. The van der Waals surface area contributed by atoms with Gasteiger partial charge in [-0.15, -0.1) is 0 Å². The lowest BCUT2D eigenvalue weighted by Gasteiger charge is -2.40. The van der Waals surface area contributed by atoms with Crippen LogP contribution in [0.2, 0.25) is 0 Å². The number of unbranched alkanes of at least 4 members (excludes halogenated alkanes) is 23. The summed E-state index contributed by atoms with van der Waals surface area (Å²) in [5.74, 6) is 0.0519. The van der Waals surface area contributed by atoms with Gasteiger partial charge in [-0.05, 0) is 18.8 Å². The first-order chi connectivity index (χ1) is 26.5. The van der Waals surface area contributed by atoms with Crippen LogP contribution in [0.25, 0.3) is 0 Å². The van der Waals surface area contributed by atoms with E-state index in [0.29, 0.717) is 19.3 Å². The second kappa shape index (κ2) is 34.0. The highest BCUT2D eigenvalue weighted by Crippen LogP contribution is 2.23. The van der Waals surface area contributed by atoms with Crippen molar-refractivity contribution >= 4 is 5.91 Å². The molecule has 1 fully saturated rings. The molecule has 0 saturated carbocycles. The number of carbonyl (C=O) groups excluding carboxylic acids is 1. The van der Waals surface area contributed by atoms with E-state index < -0.39 is 74.2 Å². The number of hydrogen-bond acceptors (Lipinski definition) is 10. The first-order valence-electron chi connectivity index (χ1n) is 22.8. The molecule has 0 aliphatic carbocycles. The number of rotatable bonds is 37. The van der Waals surface area contributed by atoms with E-state index in [1.165, 1.54) is 116 Å². The van der Waals surface area contributed by atoms with Gasteiger partial charge in [0.1, 0.15) is 36.6 Å². The zero-order chi connectivity index (χ0) is 40.7. The molecule has 8 N–H and O–H groups in total. The average molecular weight is 790 g/mol. The number of ether oxygens (including phenoxy) is 2. The van der Waals surface area contributed by atoms with Gasteiger partial charge in [0, 0.05) is 0 Å². The van der Waals surface area contributed by atoms with Crippen molar-refractivity contribution in [2.45, 2.75) is 256 Å². The Hall–Kier alpha value is -0.890. The molecule has 0 radical (unpaired) electrons. The molecule has 9 atom stereocenters. The fraction of sp³-hybridized carbons (Fsp3) is 0.977. The molecule has 1 heterocycles. The van der Waals surface area contributed by atoms with Crippen LogP contribution in [0.3, 0.4) is 0 Å². The van der Waals surface area contributed by atoms with E-state index in [1.54, 1.807) is 0 Å². The first-order valence-corrected chi connectivity index (χ1v) is 22.8. The van der Waals surface area contributed by atoms with Crippen molar-refractivity contribution in [2.75, 3.05) is 13.2 Å². The van der Waals surface area contributed by atoms with E-state index in [4.69, 9.17) is 9.47 Å². The Morgan fingerprint density at radius 1 is 0.600 bits per heavy atom. The summed E-state index contributed by atoms with van der Waals surface area (Å²) in [4.78, 5) is 13.1. The number of carbonyl (C=O) groups is 1. The van der Waals surface area contributed by atoms with Gasteiger partial charge >= 0.3 is 0 Å². The third-order valence-electron chi connectivity index (χ3n) is 11.3. The van der Waals surface area contributed by atoms with Gasteiger partial charge in [0.15, 0.2) is 6.29 Å². The SMILES string of the molecule is CCCCCCCCCCCCCCCCCCCC(O)C(=O)N[C@@H](CO[C@@H]1O[C@H](CO)[C@@H](O)[C@H](O)[C@H]1O)[C@H](O)[C@H](O)CCCCCCCCCCC(C)C. The van der Waals surface area contributed by atoms with Crippen LogP contribution >= 0.6 is 0 Å². The van der Waals surface area contributed by atoms with Crippen LogP contribution in [-0.4, -0.2) is 110 Å². The normalized spacial score (nSPS) is 22.5. The quantitative estimate of drug-likeness (QED) is 0.0306. The summed E-state index contributed by atoms with van der Waals surface area (Å²) in [5.41, 5.74) is 0. The minimum Gasteiger partial charge on any atom is -0.394 e. The monoisotopic (exact) mass is 790 g/mol. The second-order valence-electron chi connectivity index (χ2n) is 17.0. The molecule has 0 aromatic heterocycles. The van der Waals surface area contributed by atoms with Crippen molar-refractivity contribution in [3.63, 3.8) is 0 Å². The highest BCUT2D eigenvalue weighted by atomic mass is 16.7. The second-order valence-corrected chi connectivity index (χ2v) is 17.0. The topological polar surface area (TPSA) is 189 Å². The molecule has 1 saturated heterocycles. The van der Waals surface area contributed by atoms with Crippen molar-refractivity contribution in [1.29, 1.82) is 0 Å². The Morgan fingerprint density at radius 2 is 1.02 bits per heavy atom. The molecular weight excluding hydrogens is 702 g/mol. The lowest BCUT2D eigenvalue weighted by molar-refractivity contribution is -0.303. The Kier molecular flexibility index (Phi) is 32.2. The minimum atomic E-state index is -1.66. The molecule has 0 spiro atoms. The molecule has 11 nitrogen and oxygen atoms in total. The van der Waals surface area contributed by atoms with Gasteiger partial charge in [0.25, 0.3) is 0 Å². The molecule has 11 heteroatoms. The lowest BCUT2D eigenvalue weighted by Crippen LogP contribution is -2.60. The van der Waals surface area contributed by atoms with Crippen LogP contribution in [0, 0.1) is 5.92 Å². The predicted molar refractivity (Wildman–Crippen MR) is 219 cm³/mol. The molecule has 0 aromatic carbocycles. The summed E-state index contributed by atoms with van der Waals surface area (Å²) in [5, 5.41) is 75.5. The number of hydrogen-bond donors (Lipinski definition) is 8. The van der Waals surface area contributed by atoms with Gasteiger partial charge in [0.2, 0.25) is 5.91 Å². The largest absolute Gasteiger partial charge is 0.394 e. The third kappa shape index (κ3) is 25.3. The van der Waals surface area contributed by atoms with Crippen molar-refractivity contribution < 1.29 is 50.0 Å². The lowest BCUT2D eigenvalue weighted by atomic mass is 9.98. The van der Waals surface area contributed by atoms with E-state index in [-0.39, 0.29) is 6.42 Å².